The van der Waals surface area contributed by atoms with E-state index in [-0.39, 0.29) is 10.8 Å². The number of benzene rings is 2. The van der Waals surface area contributed by atoms with Crippen LogP contribution in [0.5, 0.6) is 0 Å². The number of halogens is 1. The van der Waals surface area contributed by atoms with Gasteiger partial charge in [-0.1, -0.05) is 32.0 Å². The van der Waals surface area contributed by atoms with Crippen molar-refractivity contribution < 1.29 is 13.2 Å². The topological polar surface area (TPSA) is 69.7 Å². The van der Waals surface area contributed by atoms with E-state index in [1.165, 1.54) is 16.4 Å². The lowest BCUT2D eigenvalue weighted by Crippen LogP contribution is -2.33. The second-order valence-corrected chi connectivity index (χ2v) is 9.04. The number of anilines is 1. The van der Waals surface area contributed by atoms with Crippen LogP contribution in [0, 0.1) is 0 Å². The molecular formula is C20H26BrN3O3S. The first-order valence-corrected chi connectivity index (χ1v) is 11.4. The van der Waals surface area contributed by atoms with Crippen LogP contribution in [0.25, 0.3) is 0 Å². The Morgan fingerprint density at radius 3 is 2.32 bits per heavy atom. The zero-order chi connectivity index (χ0) is 20.7. The van der Waals surface area contributed by atoms with Crippen LogP contribution in [0.3, 0.4) is 0 Å². The van der Waals surface area contributed by atoms with E-state index in [2.05, 4.69) is 21.2 Å². The lowest BCUT2D eigenvalue weighted by Gasteiger charge is -2.20. The molecule has 0 unspecified atom stereocenters. The van der Waals surface area contributed by atoms with E-state index in [1.54, 1.807) is 19.9 Å². The monoisotopic (exact) mass is 467 g/mol. The van der Waals surface area contributed by atoms with Crippen LogP contribution in [0.2, 0.25) is 0 Å². The lowest BCUT2D eigenvalue weighted by molar-refractivity contribution is 0.0953. The van der Waals surface area contributed by atoms with Crippen molar-refractivity contribution in [2.45, 2.75) is 18.7 Å². The third-order valence-electron chi connectivity index (χ3n) is 4.46. The van der Waals surface area contributed by atoms with Gasteiger partial charge in [0.15, 0.2) is 0 Å². The maximum atomic E-state index is 12.7. The summed E-state index contributed by atoms with van der Waals surface area (Å²) >= 11 is 3.35. The van der Waals surface area contributed by atoms with Gasteiger partial charge in [0.05, 0.1) is 10.5 Å². The molecule has 0 saturated heterocycles. The van der Waals surface area contributed by atoms with Crippen molar-refractivity contribution in [1.82, 2.24) is 9.62 Å². The molecule has 0 atom stereocenters. The van der Waals surface area contributed by atoms with Crippen LogP contribution < -0.4 is 10.2 Å². The minimum Gasteiger partial charge on any atom is -0.373 e. The molecule has 0 aliphatic heterocycles. The Bertz CT molecular complexity index is 900. The fourth-order valence-electron chi connectivity index (χ4n) is 2.80. The van der Waals surface area contributed by atoms with E-state index in [9.17, 15) is 13.2 Å². The molecular weight excluding hydrogens is 442 g/mol. The van der Waals surface area contributed by atoms with Crippen LogP contribution in [0.4, 0.5) is 5.69 Å². The smallest absolute Gasteiger partial charge is 0.252 e. The van der Waals surface area contributed by atoms with Crippen molar-refractivity contribution in [3.05, 3.63) is 58.6 Å². The van der Waals surface area contributed by atoms with Crippen molar-refractivity contribution in [3.8, 4) is 0 Å². The Labute approximate surface area is 175 Å². The number of carbonyl (C=O) groups excluding carboxylic acids is 1. The summed E-state index contributed by atoms with van der Waals surface area (Å²) in [6, 6.07) is 14.4. The number of likely N-dealkylation sites (N-methyl/N-ethyl adjacent to an activating group) is 1. The van der Waals surface area contributed by atoms with E-state index in [1.807, 2.05) is 42.3 Å². The zero-order valence-electron chi connectivity index (χ0n) is 16.4. The molecule has 0 aliphatic rings. The van der Waals surface area contributed by atoms with Gasteiger partial charge in [0.1, 0.15) is 0 Å². The van der Waals surface area contributed by atoms with Gasteiger partial charge in [0, 0.05) is 43.4 Å². The third kappa shape index (κ3) is 5.33. The highest BCUT2D eigenvalue weighted by molar-refractivity contribution is 9.10. The molecule has 6 nitrogen and oxygen atoms in total. The van der Waals surface area contributed by atoms with Gasteiger partial charge >= 0.3 is 0 Å². The van der Waals surface area contributed by atoms with Gasteiger partial charge in [-0.2, -0.15) is 4.31 Å². The molecule has 2 rings (SSSR count). The van der Waals surface area contributed by atoms with Crippen molar-refractivity contribution in [3.63, 3.8) is 0 Å². The van der Waals surface area contributed by atoms with E-state index in [0.717, 1.165) is 5.69 Å². The Balaban J connectivity index is 2.09. The van der Waals surface area contributed by atoms with Crippen molar-refractivity contribution in [1.29, 1.82) is 0 Å². The van der Waals surface area contributed by atoms with Gasteiger partial charge in [0.25, 0.3) is 5.91 Å². The van der Waals surface area contributed by atoms with Gasteiger partial charge in [-0.25, -0.2) is 8.42 Å². The summed E-state index contributed by atoms with van der Waals surface area (Å²) in [6.07, 6.45) is 0. The van der Waals surface area contributed by atoms with E-state index in [0.29, 0.717) is 36.2 Å². The van der Waals surface area contributed by atoms with E-state index < -0.39 is 10.0 Å². The van der Waals surface area contributed by atoms with Crippen molar-refractivity contribution in [2.24, 2.45) is 0 Å². The quantitative estimate of drug-likeness (QED) is 0.613. The molecule has 2 aromatic rings. The fraction of sp³-hybridized carbons (Fsp3) is 0.350. The number of hydrogen-bond donors (Lipinski definition) is 1. The number of hydrogen-bond acceptors (Lipinski definition) is 4. The summed E-state index contributed by atoms with van der Waals surface area (Å²) in [5, 5.41) is 2.86. The molecule has 0 bridgehead atoms. The normalized spacial score (nSPS) is 11.5. The molecule has 0 radical (unpaired) electrons. The highest BCUT2D eigenvalue weighted by Crippen LogP contribution is 2.23. The third-order valence-corrected chi connectivity index (χ3v) is 7.19. The minimum absolute atomic E-state index is 0.117. The van der Waals surface area contributed by atoms with Crippen LogP contribution in [0.1, 0.15) is 24.2 Å². The first kappa shape index (κ1) is 22.4. The molecule has 0 saturated carbocycles. The van der Waals surface area contributed by atoms with Gasteiger partial charge in [0.2, 0.25) is 10.0 Å². The van der Waals surface area contributed by atoms with Gasteiger partial charge in [-0.15, -0.1) is 0 Å². The number of sulfonamides is 1. The Morgan fingerprint density at radius 2 is 1.71 bits per heavy atom. The standard InChI is InChI=1S/C20H26BrN3O3S/c1-4-24(5-2)28(26,27)17-11-12-19(21)18(15-17)20(25)22-13-14-23(3)16-9-7-6-8-10-16/h6-12,15H,4-5,13-14H2,1-3H3,(H,22,25). The predicted octanol–water partition coefficient (Wildman–Crippen LogP) is 3.35. The van der Waals surface area contributed by atoms with Crippen LogP contribution in [0.15, 0.2) is 57.9 Å². The summed E-state index contributed by atoms with van der Waals surface area (Å²) < 4.78 is 27.3. The summed E-state index contributed by atoms with van der Waals surface area (Å²) in [7, 11) is -1.67. The molecule has 152 valence electrons. The number of para-hydroxylation sites is 1. The molecule has 1 N–H and O–H groups in total. The first-order valence-electron chi connectivity index (χ1n) is 9.15. The predicted molar refractivity (Wildman–Crippen MR) is 116 cm³/mol. The van der Waals surface area contributed by atoms with Gasteiger partial charge < -0.3 is 10.2 Å². The van der Waals surface area contributed by atoms with Crippen molar-refractivity contribution in [2.75, 3.05) is 38.1 Å². The number of rotatable bonds is 9. The van der Waals surface area contributed by atoms with Crippen LogP contribution in [-0.4, -0.2) is 51.9 Å². The van der Waals surface area contributed by atoms with Gasteiger partial charge in [-0.3, -0.25) is 4.79 Å². The largest absolute Gasteiger partial charge is 0.373 e. The average molecular weight is 468 g/mol. The summed E-state index contributed by atoms with van der Waals surface area (Å²) in [4.78, 5) is 14.8. The lowest BCUT2D eigenvalue weighted by atomic mass is 10.2. The number of carbonyl (C=O) groups is 1. The molecule has 0 spiro atoms. The molecule has 8 heteroatoms. The maximum Gasteiger partial charge on any atom is 0.252 e. The second-order valence-electron chi connectivity index (χ2n) is 6.24. The minimum atomic E-state index is -3.62. The summed E-state index contributed by atoms with van der Waals surface area (Å²) in [6.45, 7) is 5.40. The van der Waals surface area contributed by atoms with Crippen LogP contribution in [-0.2, 0) is 10.0 Å². The highest BCUT2D eigenvalue weighted by Gasteiger charge is 2.23. The van der Waals surface area contributed by atoms with E-state index >= 15 is 0 Å². The second kappa shape index (κ2) is 10.0. The summed E-state index contributed by atoms with van der Waals surface area (Å²) in [5.74, 6) is -0.315. The number of amides is 1. The SMILES string of the molecule is CCN(CC)S(=O)(=O)c1ccc(Br)c(C(=O)NCCN(C)c2ccccc2)c1. The zero-order valence-corrected chi connectivity index (χ0v) is 18.8. The van der Waals surface area contributed by atoms with Crippen LogP contribution >= 0.6 is 15.9 Å². The molecule has 0 heterocycles. The average Bonchev–Trinajstić information content (AvgIpc) is 2.69. The number of nitrogens with one attached hydrogen (secondary N) is 1. The maximum absolute atomic E-state index is 12.7. The Kier molecular flexibility index (Phi) is 8.03. The summed E-state index contributed by atoms with van der Waals surface area (Å²) in [5.41, 5.74) is 1.36. The molecule has 28 heavy (non-hydrogen) atoms. The van der Waals surface area contributed by atoms with E-state index in [4.69, 9.17) is 0 Å². The fourth-order valence-corrected chi connectivity index (χ4v) is 4.71. The molecule has 0 fully saturated rings. The van der Waals surface area contributed by atoms with Crippen molar-refractivity contribution >= 4 is 37.5 Å². The Hall–Kier alpha value is -1.90. The number of nitrogens with zero attached hydrogens (tertiary/aromatic N) is 2. The molecule has 1 amide bonds. The van der Waals surface area contributed by atoms with Gasteiger partial charge in [-0.05, 0) is 46.3 Å². The molecule has 0 aromatic heterocycles. The molecule has 2 aromatic carbocycles. The first-order chi connectivity index (χ1) is 13.3. The Morgan fingerprint density at radius 1 is 1.07 bits per heavy atom. The molecule has 0 aliphatic carbocycles. The highest BCUT2D eigenvalue weighted by atomic mass is 79.9.